The van der Waals surface area contributed by atoms with Crippen LogP contribution in [0.25, 0.3) is 16.8 Å². The van der Waals surface area contributed by atoms with Gasteiger partial charge in [0.25, 0.3) is 11.1 Å². The lowest BCUT2D eigenvalue weighted by Crippen LogP contribution is -2.36. The SMILES string of the molecule is NC(=O)CN1C(=O)S/C(=C\c2cc(Br)c(OCc3cccc4ccccc34)c(Br)c2)C1=O. The van der Waals surface area contributed by atoms with Crippen molar-refractivity contribution < 1.29 is 19.1 Å². The Hall–Kier alpha value is -2.62. The molecule has 1 aliphatic heterocycles. The van der Waals surface area contributed by atoms with Crippen molar-refractivity contribution in [2.75, 3.05) is 6.54 Å². The summed E-state index contributed by atoms with van der Waals surface area (Å²) in [7, 11) is 0. The molecule has 0 aromatic heterocycles. The molecule has 3 aromatic carbocycles. The van der Waals surface area contributed by atoms with Crippen LogP contribution in [0.2, 0.25) is 0 Å². The number of nitrogens with two attached hydrogens (primary N) is 1. The first-order valence-corrected chi connectivity index (χ1v) is 11.9. The molecule has 6 nitrogen and oxygen atoms in total. The van der Waals surface area contributed by atoms with Crippen LogP contribution in [0.1, 0.15) is 11.1 Å². The zero-order valence-corrected chi connectivity index (χ0v) is 20.5. The van der Waals surface area contributed by atoms with Gasteiger partial charge in [-0.1, -0.05) is 42.5 Å². The first kappa shape index (κ1) is 22.6. The van der Waals surface area contributed by atoms with Crippen LogP contribution >= 0.6 is 43.6 Å². The summed E-state index contributed by atoms with van der Waals surface area (Å²) in [6.45, 7) is -0.0553. The van der Waals surface area contributed by atoms with Crippen LogP contribution in [-0.4, -0.2) is 28.5 Å². The third-order valence-electron chi connectivity index (χ3n) is 4.76. The van der Waals surface area contributed by atoms with Gasteiger partial charge in [0, 0.05) is 0 Å². The standard InChI is InChI=1S/C23H16Br2N2O4S/c24-17-8-13(10-19-22(29)27(11-20(26)28)23(30)32-19)9-18(25)21(17)31-12-15-6-3-5-14-4-1-2-7-16(14)15/h1-10H,11-12H2,(H2,26,28)/b19-10-. The number of amides is 3. The molecular weight excluding hydrogens is 560 g/mol. The van der Waals surface area contributed by atoms with E-state index in [1.807, 2.05) is 24.3 Å². The van der Waals surface area contributed by atoms with Crippen LogP contribution in [0, 0.1) is 0 Å². The molecule has 0 atom stereocenters. The number of halogens is 2. The van der Waals surface area contributed by atoms with Crippen LogP contribution in [0.5, 0.6) is 5.75 Å². The molecule has 32 heavy (non-hydrogen) atoms. The summed E-state index contributed by atoms with van der Waals surface area (Å²) < 4.78 is 7.46. The monoisotopic (exact) mass is 574 g/mol. The number of carbonyl (C=O) groups excluding carboxylic acids is 3. The van der Waals surface area contributed by atoms with Gasteiger partial charge in [-0.2, -0.15) is 0 Å². The molecule has 0 bridgehead atoms. The molecule has 3 aromatic rings. The predicted molar refractivity (Wildman–Crippen MR) is 132 cm³/mol. The van der Waals surface area contributed by atoms with E-state index >= 15 is 0 Å². The van der Waals surface area contributed by atoms with Crippen LogP contribution in [-0.2, 0) is 16.2 Å². The largest absolute Gasteiger partial charge is 0.487 e. The summed E-state index contributed by atoms with van der Waals surface area (Å²) in [6.07, 6.45) is 1.59. The van der Waals surface area contributed by atoms with Gasteiger partial charge in [-0.3, -0.25) is 19.3 Å². The fourth-order valence-electron chi connectivity index (χ4n) is 3.31. The van der Waals surface area contributed by atoms with Gasteiger partial charge in [-0.15, -0.1) is 0 Å². The lowest BCUT2D eigenvalue weighted by molar-refractivity contribution is -0.127. The third kappa shape index (κ3) is 4.74. The van der Waals surface area contributed by atoms with Gasteiger partial charge < -0.3 is 10.5 Å². The molecule has 1 aliphatic rings. The van der Waals surface area contributed by atoms with Gasteiger partial charge >= 0.3 is 0 Å². The lowest BCUT2D eigenvalue weighted by atomic mass is 10.1. The summed E-state index contributed by atoms with van der Waals surface area (Å²) in [4.78, 5) is 36.6. The fraction of sp³-hybridized carbons (Fsp3) is 0.0870. The van der Waals surface area contributed by atoms with Crippen molar-refractivity contribution in [3.63, 3.8) is 0 Å². The molecule has 162 valence electrons. The predicted octanol–water partition coefficient (Wildman–Crippen LogP) is 5.47. The Balaban J connectivity index is 1.55. The van der Waals surface area contributed by atoms with Gasteiger partial charge in [0.1, 0.15) is 18.9 Å². The van der Waals surface area contributed by atoms with Crippen LogP contribution in [0.3, 0.4) is 0 Å². The zero-order chi connectivity index (χ0) is 22.8. The van der Waals surface area contributed by atoms with E-state index in [9.17, 15) is 14.4 Å². The maximum atomic E-state index is 12.4. The molecule has 9 heteroatoms. The van der Waals surface area contributed by atoms with Gasteiger partial charge in [0.05, 0.1) is 13.9 Å². The van der Waals surface area contributed by atoms with Crippen molar-refractivity contribution in [1.82, 2.24) is 4.90 Å². The Morgan fingerprint density at radius 3 is 2.47 bits per heavy atom. The normalized spacial score (nSPS) is 15.1. The number of benzene rings is 3. The highest BCUT2D eigenvalue weighted by atomic mass is 79.9. The first-order valence-electron chi connectivity index (χ1n) is 9.45. The second kappa shape index (κ2) is 9.48. The summed E-state index contributed by atoms with van der Waals surface area (Å²) >= 11 is 7.83. The summed E-state index contributed by atoms with van der Waals surface area (Å²) in [6, 6.07) is 17.8. The molecule has 4 rings (SSSR count). The quantitative estimate of drug-likeness (QED) is 0.394. The third-order valence-corrected chi connectivity index (χ3v) is 6.84. The Morgan fingerprint density at radius 2 is 1.75 bits per heavy atom. The number of hydrogen-bond donors (Lipinski definition) is 1. The molecule has 2 N–H and O–H groups in total. The topological polar surface area (TPSA) is 89.7 Å². The van der Waals surface area contributed by atoms with Crippen molar-refractivity contribution in [2.24, 2.45) is 5.73 Å². The van der Waals surface area contributed by atoms with Crippen molar-refractivity contribution in [3.05, 3.63) is 79.6 Å². The van der Waals surface area contributed by atoms with E-state index in [2.05, 4.69) is 50.1 Å². The Labute approximate surface area is 205 Å². The number of primary amides is 1. The van der Waals surface area contributed by atoms with Crippen molar-refractivity contribution >= 4 is 77.5 Å². The van der Waals surface area contributed by atoms with Gasteiger partial charge in [0.2, 0.25) is 5.91 Å². The number of fused-ring (bicyclic) bond motifs is 1. The second-order valence-electron chi connectivity index (χ2n) is 6.97. The Morgan fingerprint density at radius 1 is 1.06 bits per heavy atom. The Bertz CT molecular complexity index is 1260. The van der Waals surface area contributed by atoms with Crippen molar-refractivity contribution in [1.29, 1.82) is 0 Å². The Kier molecular flexibility index (Phi) is 6.68. The fourth-order valence-corrected chi connectivity index (χ4v) is 5.60. The van der Waals surface area contributed by atoms with E-state index in [0.717, 1.165) is 33.0 Å². The van der Waals surface area contributed by atoms with E-state index < -0.39 is 23.6 Å². The second-order valence-corrected chi connectivity index (χ2v) is 9.68. The molecule has 3 amide bonds. The number of nitrogens with zero attached hydrogens (tertiary/aromatic N) is 1. The smallest absolute Gasteiger partial charge is 0.294 e. The summed E-state index contributed by atoms with van der Waals surface area (Å²) in [5, 5.41) is 1.76. The first-order chi connectivity index (χ1) is 15.3. The number of hydrogen-bond acceptors (Lipinski definition) is 5. The zero-order valence-electron chi connectivity index (χ0n) is 16.5. The van der Waals surface area contributed by atoms with Crippen LogP contribution in [0.15, 0.2) is 68.4 Å². The average Bonchev–Trinajstić information content (AvgIpc) is 3.00. The molecule has 0 aliphatic carbocycles. The number of rotatable bonds is 6. The maximum absolute atomic E-state index is 12.4. The van der Waals surface area contributed by atoms with Crippen molar-refractivity contribution in [2.45, 2.75) is 6.61 Å². The average molecular weight is 576 g/mol. The van der Waals surface area contributed by atoms with E-state index in [0.29, 0.717) is 26.9 Å². The minimum atomic E-state index is -0.744. The van der Waals surface area contributed by atoms with E-state index in [4.69, 9.17) is 10.5 Å². The van der Waals surface area contributed by atoms with Crippen LogP contribution < -0.4 is 10.5 Å². The van der Waals surface area contributed by atoms with E-state index in [1.165, 1.54) is 0 Å². The molecule has 0 spiro atoms. The molecule has 0 unspecified atom stereocenters. The highest BCUT2D eigenvalue weighted by Crippen LogP contribution is 2.38. The highest BCUT2D eigenvalue weighted by molar-refractivity contribution is 9.11. The van der Waals surface area contributed by atoms with E-state index in [-0.39, 0.29) is 4.91 Å². The molecule has 1 heterocycles. The summed E-state index contributed by atoms with van der Waals surface area (Å²) in [5.41, 5.74) is 6.86. The van der Waals surface area contributed by atoms with Gasteiger partial charge in [-0.25, -0.2) is 0 Å². The van der Waals surface area contributed by atoms with Crippen molar-refractivity contribution in [3.8, 4) is 5.75 Å². The molecule has 1 saturated heterocycles. The highest BCUT2D eigenvalue weighted by Gasteiger charge is 2.35. The summed E-state index contributed by atoms with van der Waals surface area (Å²) in [5.74, 6) is -0.661. The van der Waals surface area contributed by atoms with E-state index in [1.54, 1.807) is 18.2 Å². The molecular formula is C23H16Br2N2O4S. The lowest BCUT2D eigenvalue weighted by Gasteiger charge is -2.13. The maximum Gasteiger partial charge on any atom is 0.294 e. The number of ether oxygens (including phenoxy) is 1. The number of imide groups is 1. The molecule has 1 fully saturated rings. The molecule has 0 radical (unpaired) electrons. The minimum Gasteiger partial charge on any atom is -0.487 e. The number of thioether (sulfide) groups is 1. The number of carbonyl (C=O) groups is 3. The molecule has 0 saturated carbocycles. The van der Waals surface area contributed by atoms with Crippen LogP contribution in [0.4, 0.5) is 4.79 Å². The van der Waals surface area contributed by atoms with Gasteiger partial charge in [0.15, 0.2) is 0 Å². The minimum absolute atomic E-state index is 0.222. The van der Waals surface area contributed by atoms with Gasteiger partial charge in [-0.05, 0) is 83.7 Å².